The van der Waals surface area contributed by atoms with Gasteiger partial charge in [-0.2, -0.15) is 0 Å². The lowest BCUT2D eigenvalue weighted by molar-refractivity contribution is -0.141. The lowest BCUT2D eigenvalue weighted by Crippen LogP contribution is -2.32. The van der Waals surface area contributed by atoms with E-state index in [1.165, 1.54) is 0 Å². The van der Waals surface area contributed by atoms with Crippen LogP contribution in [0.25, 0.3) is 5.57 Å². The van der Waals surface area contributed by atoms with Gasteiger partial charge in [0, 0.05) is 18.7 Å². The number of carbonyl (C=O) groups excluding carboxylic acids is 1. The fourth-order valence-corrected chi connectivity index (χ4v) is 4.72. The van der Waals surface area contributed by atoms with Gasteiger partial charge in [-0.15, -0.1) is 0 Å². The highest BCUT2D eigenvalue weighted by molar-refractivity contribution is 7.80. The van der Waals surface area contributed by atoms with Crippen molar-refractivity contribution >= 4 is 28.9 Å². The Bertz CT molecular complexity index is 1280. The Kier molecular flexibility index (Phi) is 7.20. The van der Waals surface area contributed by atoms with E-state index in [1.807, 2.05) is 126 Å². The first-order valence-electron chi connectivity index (χ1n) is 11.9. The first kappa shape index (κ1) is 23.5. The number of rotatable bonds is 7. The van der Waals surface area contributed by atoms with Gasteiger partial charge in [-0.05, 0) is 34.5 Å². The summed E-state index contributed by atoms with van der Waals surface area (Å²) in [7, 11) is 0. The van der Waals surface area contributed by atoms with E-state index < -0.39 is 5.92 Å². The average molecular weight is 491 g/mol. The van der Waals surface area contributed by atoms with Crippen molar-refractivity contribution in [2.45, 2.75) is 5.92 Å². The first-order valence-corrected chi connectivity index (χ1v) is 12.4. The molecule has 0 aromatic heterocycles. The van der Waals surface area contributed by atoms with Gasteiger partial charge < -0.3 is 10.1 Å². The van der Waals surface area contributed by atoms with Gasteiger partial charge in [0.05, 0.1) is 0 Å². The number of ether oxygens (including phenoxy) is 1. The third-order valence-corrected chi connectivity index (χ3v) is 6.50. The second kappa shape index (κ2) is 11.0. The van der Waals surface area contributed by atoms with E-state index in [0.29, 0.717) is 24.1 Å². The first-order chi connectivity index (χ1) is 17.7. The smallest absolute Gasteiger partial charge is 0.324 e. The Morgan fingerprint density at radius 1 is 0.722 bits per heavy atom. The van der Waals surface area contributed by atoms with E-state index in [-0.39, 0.29) is 5.97 Å². The van der Waals surface area contributed by atoms with Crippen molar-refractivity contribution in [2.75, 3.05) is 13.1 Å². The van der Waals surface area contributed by atoms with Gasteiger partial charge in [-0.3, -0.25) is 9.69 Å². The fourth-order valence-electron chi connectivity index (χ4n) is 4.44. The fraction of sp³-hybridized carbons (Fsp3) is 0.0968. The monoisotopic (exact) mass is 490 g/mol. The lowest BCUT2D eigenvalue weighted by atomic mass is 9.91. The summed E-state index contributed by atoms with van der Waals surface area (Å²) >= 11 is 5.63. The average Bonchev–Trinajstić information content (AvgIpc) is 3.36. The van der Waals surface area contributed by atoms with Crippen molar-refractivity contribution in [3.8, 4) is 0 Å². The van der Waals surface area contributed by atoms with E-state index in [2.05, 4.69) is 5.32 Å². The highest BCUT2D eigenvalue weighted by Crippen LogP contribution is 2.33. The van der Waals surface area contributed by atoms with Gasteiger partial charge in [-0.1, -0.05) is 121 Å². The van der Waals surface area contributed by atoms with Crippen LogP contribution in [0.4, 0.5) is 0 Å². The van der Waals surface area contributed by atoms with Crippen molar-refractivity contribution in [3.63, 3.8) is 0 Å². The number of carbonyl (C=O) groups is 1. The van der Waals surface area contributed by atoms with Crippen LogP contribution in [0.3, 0.4) is 0 Å². The summed E-state index contributed by atoms with van der Waals surface area (Å²) in [5.41, 5.74) is 4.44. The standard InChI is InChI=1S/C31H26N2O2S/c34-30(28(25-17-9-3-10-18-25)26-19-11-4-12-20-26)35-29(33-22-21-32-31(33)36)27(23-13-5-1-6-14-23)24-15-7-2-8-16-24/h1-20,28H,21-22H2,(H,32,36). The molecule has 0 radical (unpaired) electrons. The van der Waals surface area contributed by atoms with Crippen LogP contribution < -0.4 is 5.32 Å². The van der Waals surface area contributed by atoms with Gasteiger partial charge in [0.15, 0.2) is 5.11 Å². The number of hydrogen-bond acceptors (Lipinski definition) is 3. The SMILES string of the molecule is O=C(OC(=C(c1ccccc1)c1ccccc1)N1CCNC1=S)C(c1ccccc1)c1ccccc1. The normalized spacial score (nSPS) is 12.8. The summed E-state index contributed by atoms with van der Waals surface area (Å²) in [5, 5.41) is 3.75. The van der Waals surface area contributed by atoms with E-state index in [1.54, 1.807) is 0 Å². The van der Waals surface area contributed by atoms with E-state index in [0.717, 1.165) is 27.8 Å². The maximum Gasteiger partial charge on any atom is 0.324 e. The summed E-state index contributed by atoms with van der Waals surface area (Å²) < 4.78 is 6.39. The van der Waals surface area contributed by atoms with E-state index in [4.69, 9.17) is 17.0 Å². The van der Waals surface area contributed by atoms with Crippen LogP contribution in [-0.2, 0) is 9.53 Å². The molecular formula is C31H26N2O2S. The third-order valence-electron chi connectivity index (χ3n) is 6.14. The molecular weight excluding hydrogens is 464 g/mol. The molecule has 1 fully saturated rings. The quantitative estimate of drug-likeness (QED) is 0.196. The number of nitrogens with one attached hydrogen (secondary N) is 1. The second-order valence-electron chi connectivity index (χ2n) is 8.47. The molecule has 5 rings (SSSR count). The molecule has 0 unspecified atom stereocenters. The summed E-state index contributed by atoms with van der Waals surface area (Å²) in [5.74, 6) is -0.509. The summed E-state index contributed by atoms with van der Waals surface area (Å²) in [6, 6.07) is 39.4. The van der Waals surface area contributed by atoms with Crippen LogP contribution >= 0.6 is 12.2 Å². The van der Waals surface area contributed by atoms with Crippen molar-refractivity contribution in [3.05, 3.63) is 149 Å². The molecule has 178 valence electrons. The molecule has 1 aliphatic heterocycles. The van der Waals surface area contributed by atoms with Crippen LogP contribution in [0.2, 0.25) is 0 Å². The van der Waals surface area contributed by atoms with Crippen molar-refractivity contribution in [1.82, 2.24) is 10.2 Å². The molecule has 1 aliphatic rings. The second-order valence-corrected chi connectivity index (χ2v) is 8.86. The minimum absolute atomic E-state index is 0.360. The Labute approximate surface area is 216 Å². The zero-order valence-corrected chi connectivity index (χ0v) is 20.5. The molecule has 36 heavy (non-hydrogen) atoms. The number of esters is 1. The Hall–Kier alpha value is -4.22. The molecule has 4 nitrogen and oxygen atoms in total. The topological polar surface area (TPSA) is 41.6 Å². The van der Waals surface area contributed by atoms with Gasteiger partial charge in [0.25, 0.3) is 0 Å². The number of thiocarbonyl (C=S) groups is 1. The maximum atomic E-state index is 14.0. The van der Waals surface area contributed by atoms with E-state index in [9.17, 15) is 4.79 Å². The predicted octanol–water partition coefficient (Wildman–Crippen LogP) is 5.97. The molecule has 4 aromatic rings. The molecule has 0 atom stereocenters. The summed E-state index contributed by atoms with van der Waals surface area (Å²) in [4.78, 5) is 15.9. The molecule has 0 amide bonds. The minimum atomic E-state index is -0.584. The largest absolute Gasteiger partial charge is 0.408 e. The predicted molar refractivity (Wildman–Crippen MR) is 147 cm³/mol. The zero-order chi connectivity index (χ0) is 24.7. The number of nitrogens with zero attached hydrogens (tertiary/aromatic N) is 1. The molecule has 0 saturated carbocycles. The Morgan fingerprint density at radius 2 is 1.17 bits per heavy atom. The van der Waals surface area contributed by atoms with Crippen molar-refractivity contribution in [1.29, 1.82) is 0 Å². The van der Waals surface area contributed by atoms with Crippen LogP contribution in [0.15, 0.2) is 127 Å². The van der Waals surface area contributed by atoms with Gasteiger partial charge in [0.2, 0.25) is 5.88 Å². The van der Waals surface area contributed by atoms with Gasteiger partial charge in [0.1, 0.15) is 5.92 Å². The Balaban J connectivity index is 1.66. The molecule has 4 aromatic carbocycles. The van der Waals surface area contributed by atoms with E-state index >= 15 is 0 Å². The van der Waals surface area contributed by atoms with Crippen molar-refractivity contribution in [2.24, 2.45) is 0 Å². The highest BCUT2D eigenvalue weighted by atomic mass is 32.1. The van der Waals surface area contributed by atoms with Crippen molar-refractivity contribution < 1.29 is 9.53 Å². The number of benzene rings is 4. The van der Waals surface area contributed by atoms with Gasteiger partial charge >= 0.3 is 5.97 Å². The third kappa shape index (κ3) is 5.07. The maximum absolute atomic E-state index is 14.0. The molecule has 0 spiro atoms. The van der Waals surface area contributed by atoms with Crippen LogP contribution in [-0.4, -0.2) is 29.1 Å². The Morgan fingerprint density at radius 3 is 1.58 bits per heavy atom. The molecule has 1 saturated heterocycles. The molecule has 0 aliphatic carbocycles. The van der Waals surface area contributed by atoms with Crippen LogP contribution in [0.5, 0.6) is 0 Å². The highest BCUT2D eigenvalue weighted by Gasteiger charge is 2.32. The number of hydrogen-bond donors (Lipinski definition) is 1. The zero-order valence-electron chi connectivity index (χ0n) is 19.7. The molecule has 5 heteroatoms. The summed E-state index contributed by atoms with van der Waals surface area (Å²) in [6.45, 7) is 1.28. The summed E-state index contributed by atoms with van der Waals surface area (Å²) in [6.07, 6.45) is 0. The van der Waals surface area contributed by atoms with Crippen LogP contribution in [0, 0.1) is 0 Å². The molecule has 1 N–H and O–H groups in total. The lowest BCUT2D eigenvalue weighted by Gasteiger charge is -2.26. The van der Waals surface area contributed by atoms with Crippen LogP contribution in [0.1, 0.15) is 28.2 Å². The van der Waals surface area contributed by atoms with Gasteiger partial charge in [-0.25, -0.2) is 0 Å². The molecule has 0 bridgehead atoms. The minimum Gasteiger partial charge on any atom is -0.408 e. The molecule has 1 heterocycles.